The Morgan fingerprint density at radius 3 is 2.79 bits per heavy atom. The average molecular weight is 259 g/mol. The Labute approximate surface area is 112 Å². The first-order valence-corrected chi connectivity index (χ1v) is 6.71. The minimum Gasteiger partial charge on any atom is -0.313 e. The van der Waals surface area contributed by atoms with Gasteiger partial charge in [0.1, 0.15) is 11.5 Å². The van der Waals surface area contributed by atoms with Gasteiger partial charge in [-0.1, -0.05) is 6.07 Å². The topological polar surface area (TPSA) is 29.9 Å². The lowest BCUT2D eigenvalue weighted by molar-refractivity contribution is 0.595. The standard InChI is InChI=1S/C15H18FN3/c1-10(17-2)12-5-6-15(13(16)9-12)19-8-7-14(18-19)11-3-4-11/h5-11,17H,3-4H2,1-2H3. The lowest BCUT2D eigenvalue weighted by Crippen LogP contribution is -2.13. The molecule has 0 radical (unpaired) electrons. The number of rotatable bonds is 4. The van der Waals surface area contributed by atoms with E-state index in [0.29, 0.717) is 11.6 Å². The molecule has 0 spiro atoms. The third-order valence-electron chi connectivity index (χ3n) is 3.76. The summed E-state index contributed by atoms with van der Waals surface area (Å²) in [6, 6.07) is 7.44. The second kappa shape index (κ2) is 4.78. The highest BCUT2D eigenvalue weighted by Crippen LogP contribution is 2.39. The molecule has 1 atom stereocenters. The van der Waals surface area contributed by atoms with Gasteiger partial charge in [0, 0.05) is 18.2 Å². The van der Waals surface area contributed by atoms with Crippen LogP contribution in [-0.4, -0.2) is 16.8 Å². The van der Waals surface area contributed by atoms with Crippen LogP contribution < -0.4 is 5.32 Å². The van der Waals surface area contributed by atoms with Crippen molar-refractivity contribution in [1.29, 1.82) is 0 Å². The number of nitrogens with one attached hydrogen (secondary N) is 1. The summed E-state index contributed by atoms with van der Waals surface area (Å²) in [5.74, 6) is 0.359. The predicted molar refractivity (Wildman–Crippen MR) is 73.0 cm³/mol. The van der Waals surface area contributed by atoms with Crippen molar-refractivity contribution in [3.05, 3.63) is 47.5 Å². The Balaban J connectivity index is 1.91. The molecule has 1 aromatic heterocycles. The second-order valence-electron chi connectivity index (χ2n) is 5.18. The highest BCUT2D eigenvalue weighted by Gasteiger charge is 2.26. The highest BCUT2D eigenvalue weighted by atomic mass is 19.1. The Bertz CT molecular complexity index is 587. The van der Waals surface area contributed by atoms with Crippen molar-refractivity contribution in [2.75, 3.05) is 7.05 Å². The fourth-order valence-corrected chi connectivity index (χ4v) is 2.21. The zero-order valence-corrected chi connectivity index (χ0v) is 11.2. The fraction of sp³-hybridized carbons (Fsp3) is 0.400. The molecule has 0 saturated heterocycles. The monoisotopic (exact) mass is 259 g/mol. The van der Waals surface area contributed by atoms with Gasteiger partial charge in [-0.3, -0.25) is 0 Å². The molecule has 2 aromatic rings. The van der Waals surface area contributed by atoms with Crippen molar-refractivity contribution in [3.8, 4) is 5.69 Å². The van der Waals surface area contributed by atoms with Gasteiger partial charge < -0.3 is 5.32 Å². The van der Waals surface area contributed by atoms with Gasteiger partial charge in [0.15, 0.2) is 0 Å². The lowest BCUT2D eigenvalue weighted by Gasteiger charge is -2.12. The van der Waals surface area contributed by atoms with E-state index in [1.54, 1.807) is 16.8 Å². The fourth-order valence-electron chi connectivity index (χ4n) is 2.21. The van der Waals surface area contributed by atoms with Gasteiger partial charge in [-0.15, -0.1) is 0 Å². The van der Waals surface area contributed by atoms with Gasteiger partial charge >= 0.3 is 0 Å². The Morgan fingerprint density at radius 2 is 2.16 bits per heavy atom. The van der Waals surface area contributed by atoms with Crippen LogP contribution in [0.3, 0.4) is 0 Å². The van der Waals surface area contributed by atoms with E-state index in [1.807, 2.05) is 32.3 Å². The molecule has 1 aliphatic carbocycles. The predicted octanol–water partition coefficient (Wildman–Crippen LogP) is 3.17. The summed E-state index contributed by atoms with van der Waals surface area (Å²) in [5.41, 5.74) is 2.53. The molecule has 1 saturated carbocycles. The number of hydrogen-bond donors (Lipinski definition) is 1. The van der Waals surface area contributed by atoms with E-state index in [1.165, 1.54) is 12.8 Å². The van der Waals surface area contributed by atoms with Crippen LogP contribution in [0.25, 0.3) is 5.69 Å². The minimum atomic E-state index is -0.231. The summed E-state index contributed by atoms with van der Waals surface area (Å²) in [5, 5.41) is 7.56. The molecule has 4 heteroatoms. The molecule has 1 aromatic carbocycles. The third-order valence-corrected chi connectivity index (χ3v) is 3.76. The summed E-state index contributed by atoms with van der Waals surface area (Å²) in [7, 11) is 1.87. The van der Waals surface area contributed by atoms with Gasteiger partial charge in [0.2, 0.25) is 0 Å². The molecule has 3 nitrogen and oxygen atoms in total. The van der Waals surface area contributed by atoms with Crippen molar-refractivity contribution < 1.29 is 4.39 Å². The zero-order valence-electron chi connectivity index (χ0n) is 11.2. The summed E-state index contributed by atoms with van der Waals surface area (Å²) < 4.78 is 15.8. The van der Waals surface area contributed by atoms with Crippen molar-refractivity contribution in [3.63, 3.8) is 0 Å². The summed E-state index contributed by atoms with van der Waals surface area (Å²) in [6.07, 6.45) is 4.25. The van der Waals surface area contributed by atoms with Crippen LogP contribution in [0.2, 0.25) is 0 Å². The molecular weight excluding hydrogens is 241 g/mol. The first-order valence-electron chi connectivity index (χ1n) is 6.71. The van der Waals surface area contributed by atoms with E-state index in [0.717, 1.165) is 11.3 Å². The van der Waals surface area contributed by atoms with Gasteiger partial charge in [-0.25, -0.2) is 9.07 Å². The van der Waals surface area contributed by atoms with Crippen LogP contribution in [0.5, 0.6) is 0 Å². The molecule has 1 fully saturated rings. The van der Waals surface area contributed by atoms with E-state index in [-0.39, 0.29) is 11.9 Å². The molecular formula is C15H18FN3. The van der Waals surface area contributed by atoms with Crippen LogP contribution in [0, 0.1) is 5.82 Å². The molecule has 100 valence electrons. The molecule has 1 heterocycles. The van der Waals surface area contributed by atoms with Crippen LogP contribution in [0.1, 0.15) is 43.0 Å². The molecule has 1 unspecified atom stereocenters. The largest absolute Gasteiger partial charge is 0.313 e. The normalized spacial score (nSPS) is 16.6. The molecule has 1 aliphatic rings. The molecule has 0 aliphatic heterocycles. The molecule has 3 rings (SSSR count). The first-order chi connectivity index (χ1) is 9.19. The Hall–Kier alpha value is -1.68. The maximum absolute atomic E-state index is 14.2. The molecule has 0 bridgehead atoms. The van der Waals surface area contributed by atoms with E-state index in [4.69, 9.17) is 0 Å². The van der Waals surface area contributed by atoms with E-state index in [9.17, 15) is 4.39 Å². The molecule has 1 N–H and O–H groups in total. The summed E-state index contributed by atoms with van der Waals surface area (Å²) >= 11 is 0. The number of nitrogens with zero attached hydrogens (tertiary/aromatic N) is 2. The van der Waals surface area contributed by atoms with Gasteiger partial charge in [0.05, 0.1) is 5.69 Å². The number of halogens is 1. The number of aromatic nitrogens is 2. The number of hydrogen-bond acceptors (Lipinski definition) is 2. The summed E-state index contributed by atoms with van der Waals surface area (Å²) in [6.45, 7) is 2.01. The van der Waals surface area contributed by atoms with Gasteiger partial charge in [0.25, 0.3) is 0 Å². The maximum Gasteiger partial charge on any atom is 0.149 e. The van der Waals surface area contributed by atoms with E-state index in [2.05, 4.69) is 10.4 Å². The Morgan fingerprint density at radius 1 is 1.37 bits per heavy atom. The second-order valence-corrected chi connectivity index (χ2v) is 5.18. The van der Waals surface area contributed by atoms with Crippen molar-refractivity contribution in [2.24, 2.45) is 0 Å². The average Bonchev–Trinajstić information content (AvgIpc) is 3.16. The maximum atomic E-state index is 14.2. The SMILES string of the molecule is CNC(C)c1ccc(-n2ccc(C3CC3)n2)c(F)c1. The van der Waals surface area contributed by atoms with Crippen LogP contribution in [0.15, 0.2) is 30.5 Å². The lowest BCUT2D eigenvalue weighted by atomic mass is 10.1. The molecule has 19 heavy (non-hydrogen) atoms. The quantitative estimate of drug-likeness (QED) is 0.914. The minimum absolute atomic E-state index is 0.142. The van der Waals surface area contributed by atoms with Gasteiger partial charge in [-0.05, 0) is 50.6 Å². The van der Waals surface area contributed by atoms with Gasteiger partial charge in [-0.2, -0.15) is 5.10 Å². The van der Waals surface area contributed by atoms with Crippen molar-refractivity contribution >= 4 is 0 Å². The highest BCUT2D eigenvalue weighted by molar-refractivity contribution is 5.37. The smallest absolute Gasteiger partial charge is 0.149 e. The van der Waals surface area contributed by atoms with Crippen LogP contribution in [-0.2, 0) is 0 Å². The third kappa shape index (κ3) is 2.40. The van der Waals surface area contributed by atoms with Crippen molar-refractivity contribution in [2.45, 2.75) is 31.7 Å². The Kier molecular flexibility index (Phi) is 3.11. The van der Waals surface area contributed by atoms with Crippen molar-refractivity contribution in [1.82, 2.24) is 15.1 Å². The molecule has 0 amide bonds. The zero-order chi connectivity index (χ0) is 13.4. The van der Waals surface area contributed by atoms with E-state index < -0.39 is 0 Å². The van der Waals surface area contributed by atoms with Crippen LogP contribution >= 0.6 is 0 Å². The summed E-state index contributed by atoms with van der Waals surface area (Å²) in [4.78, 5) is 0. The first kappa shape index (κ1) is 12.4. The van der Waals surface area contributed by atoms with E-state index >= 15 is 0 Å². The van der Waals surface area contributed by atoms with Crippen LogP contribution in [0.4, 0.5) is 4.39 Å². The number of benzene rings is 1.